The maximum atomic E-state index is 12.4. The number of amides is 1. The third-order valence-corrected chi connectivity index (χ3v) is 9.29. The van der Waals surface area contributed by atoms with Crippen molar-refractivity contribution in [2.24, 2.45) is 0 Å². The van der Waals surface area contributed by atoms with Gasteiger partial charge in [-0.05, 0) is 44.0 Å². The first-order valence-electron chi connectivity index (χ1n) is 11.6. The fourth-order valence-corrected chi connectivity index (χ4v) is 6.48. The van der Waals surface area contributed by atoms with Crippen molar-refractivity contribution in [3.8, 4) is 0 Å². The van der Waals surface area contributed by atoms with Crippen molar-refractivity contribution in [3.05, 3.63) is 53.1 Å². The van der Waals surface area contributed by atoms with Gasteiger partial charge < -0.3 is 10.2 Å². The Morgan fingerprint density at radius 3 is 2.35 bits per heavy atom. The molecule has 1 saturated heterocycles. The van der Waals surface area contributed by atoms with Crippen LogP contribution in [0.2, 0.25) is 0 Å². The molecule has 1 amide bonds. The summed E-state index contributed by atoms with van der Waals surface area (Å²) in [5.74, 6) is -0.406. The second-order valence-corrected chi connectivity index (χ2v) is 12.0. The highest BCUT2D eigenvalue weighted by molar-refractivity contribution is 7.91. The Labute approximate surface area is 205 Å². The topological polar surface area (TPSA) is 82.6 Å². The molecule has 0 saturated carbocycles. The largest absolute Gasteiger partial charge is 0.355 e. The fraction of sp³-hybridized carbons (Fsp3) is 0.440. The van der Waals surface area contributed by atoms with Gasteiger partial charge in [0, 0.05) is 45.7 Å². The van der Waals surface area contributed by atoms with E-state index in [1.54, 1.807) is 35.6 Å². The predicted molar refractivity (Wildman–Crippen MR) is 139 cm³/mol. The van der Waals surface area contributed by atoms with E-state index in [1.165, 1.54) is 15.8 Å². The number of benzene rings is 2. The van der Waals surface area contributed by atoms with Crippen molar-refractivity contribution in [2.45, 2.75) is 32.1 Å². The molecule has 2 aromatic carbocycles. The minimum absolute atomic E-state index is 0.0274. The molecule has 1 aliphatic rings. The maximum absolute atomic E-state index is 12.4. The normalized spacial score (nSPS) is 15.1. The summed E-state index contributed by atoms with van der Waals surface area (Å²) in [5.41, 5.74) is 4.59. The van der Waals surface area contributed by atoms with Crippen LogP contribution >= 0.6 is 11.3 Å². The van der Waals surface area contributed by atoms with Gasteiger partial charge in [-0.25, -0.2) is 13.4 Å². The average Bonchev–Trinajstić information content (AvgIpc) is 3.28. The first-order valence-corrected chi connectivity index (χ1v) is 14.1. The Bertz CT molecular complexity index is 1220. The van der Waals surface area contributed by atoms with E-state index in [9.17, 15) is 13.2 Å². The van der Waals surface area contributed by atoms with E-state index in [1.807, 2.05) is 6.92 Å². The van der Waals surface area contributed by atoms with Crippen molar-refractivity contribution in [3.63, 3.8) is 0 Å². The molecule has 4 rings (SSSR count). The zero-order valence-electron chi connectivity index (χ0n) is 20.0. The van der Waals surface area contributed by atoms with Crippen LogP contribution in [-0.4, -0.2) is 69.2 Å². The molecule has 0 radical (unpaired) electrons. The molecule has 0 aliphatic carbocycles. The number of rotatable bonds is 8. The number of fused-ring (bicyclic) bond motifs is 1. The minimum atomic E-state index is -3.45. The third kappa shape index (κ3) is 5.76. The molecule has 0 atom stereocenters. The zero-order chi connectivity index (χ0) is 24.3. The van der Waals surface area contributed by atoms with Gasteiger partial charge in [-0.15, -0.1) is 0 Å². The van der Waals surface area contributed by atoms with Gasteiger partial charge in [-0.3, -0.25) is 9.69 Å². The van der Waals surface area contributed by atoms with Gasteiger partial charge in [0.05, 0.1) is 20.9 Å². The summed E-state index contributed by atoms with van der Waals surface area (Å²) in [6, 6.07) is 11.0. The molecule has 182 valence electrons. The van der Waals surface area contributed by atoms with Crippen molar-refractivity contribution in [1.29, 1.82) is 0 Å². The van der Waals surface area contributed by atoms with Crippen LogP contribution in [0.25, 0.3) is 10.2 Å². The van der Waals surface area contributed by atoms with Gasteiger partial charge in [0.1, 0.15) is 0 Å². The van der Waals surface area contributed by atoms with Gasteiger partial charge in [0.2, 0.25) is 5.91 Å². The molecule has 0 unspecified atom stereocenters. The number of nitrogens with one attached hydrogen (secondary N) is 1. The van der Waals surface area contributed by atoms with Crippen LogP contribution in [0, 0.1) is 20.8 Å². The summed E-state index contributed by atoms with van der Waals surface area (Å²) in [5, 5.41) is 3.95. The Morgan fingerprint density at radius 2 is 1.68 bits per heavy atom. The second kappa shape index (κ2) is 10.4. The highest BCUT2D eigenvalue weighted by atomic mass is 32.2. The highest BCUT2D eigenvalue weighted by Crippen LogP contribution is 2.33. The summed E-state index contributed by atoms with van der Waals surface area (Å²) in [6.45, 7) is 11.0. The number of aryl methyl sites for hydroxylation is 3. The van der Waals surface area contributed by atoms with Crippen LogP contribution in [0.3, 0.4) is 0 Å². The summed E-state index contributed by atoms with van der Waals surface area (Å²) in [4.78, 5) is 22.0. The number of piperazine rings is 1. The smallest absolute Gasteiger partial charge is 0.221 e. The molecule has 1 aliphatic heterocycles. The lowest BCUT2D eigenvalue weighted by molar-refractivity contribution is -0.120. The number of thiazole rings is 1. The third-order valence-electron chi connectivity index (χ3n) is 6.30. The number of anilines is 1. The van der Waals surface area contributed by atoms with Crippen LogP contribution in [0.15, 0.2) is 41.3 Å². The number of carbonyl (C=O) groups is 1. The number of carbonyl (C=O) groups excluding carboxylic acids is 1. The second-order valence-electron chi connectivity index (χ2n) is 8.93. The molecule has 2 heterocycles. The molecular weight excluding hydrogens is 468 g/mol. The first kappa shape index (κ1) is 24.6. The van der Waals surface area contributed by atoms with Crippen molar-refractivity contribution in [2.75, 3.05) is 49.9 Å². The van der Waals surface area contributed by atoms with Gasteiger partial charge >= 0.3 is 0 Å². The monoisotopic (exact) mass is 500 g/mol. The van der Waals surface area contributed by atoms with Crippen molar-refractivity contribution in [1.82, 2.24) is 15.2 Å². The Morgan fingerprint density at radius 1 is 1.00 bits per heavy atom. The lowest BCUT2D eigenvalue weighted by atomic mass is 10.1. The van der Waals surface area contributed by atoms with E-state index in [0.29, 0.717) is 6.54 Å². The standard InChI is InChI=1S/C25H32N4O3S2/c1-18-4-8-21(9-5-18)34(31,32)17-10-22(30)26-11-12-28-13-15-29(16-14-28)25-27-23-19(2)6-7-20(3)24(23)33-25/h4-9H,10-17H2,1-3H3,(H,26,30). The van der Waals surface area contributed by atoms with Gasteiger partial charge in [0.15, 0.2) is 15.0 Å². The fourth-order valence-electron chi connectivity index (χ4n) is 4.08. The lowest BCUT2D eigenvalue weighted by Crippen LogP contribution is -2.48. The van der Waals surface area contributed by atoms with E-state index < -0.39 is 9.84 Å². The number of sulfone groups is 1. The highest BCUT2D eigenvalue weighted by Gasteiger charge is 2.21. The molecule has 3 aromatic rings. The lowest BCUT2D eigenvalue weighted by Gasteiger charge is -2.34. The number of hydrogen-bond donors (Lipinski definition) is 1. The van der Waals surface area contributed by atoms with Crippen LogP contribution in [0.5, 0.6) is 0 Å². The first-order chi connectivity index (χ1) is 16.2. The summed E-state index contributed by atoms with van der Waals surface area (Å²) in [7, 11) is -3.45. The van der Waals surface area contributed by atoms with Gasteiger partial charge in [0.25, 0.3) is 0 Å². The Balaban J connectivity index is 1.19. The number of nitrogens with zero attached hydrogens (tertiary/aromatic N) is 3. The maximum Gasteiger partial charge on any atom is 0.221 e. The molecular formula is C25H32N4O3S2. The van der Waals surface area contributed by atoms with Crippen molar-refractivity contribution >= 4 is 42.4 Å². The van der Waals surface area contributed by atoms with Crippen LogP contribution in [-0.2, 0) is 14.6 Å². The van der Waals surface area contributed by atoms with E-state index in [2.05, 4.69) is 41.1 Å². The molecule has 1 fully saturated rings. The van der Waals surface area contributed by atoms with E-state index >= 15 is 0 Å². The van der Waals surface area contributed by atoms with Crippen molar-refractivity contribution < 1.29 is 13.2 Å². The van der Waals surface area contributed by atoms with Crippen LogP contribution in [0.1, 0.15) is 23.1 Å². The average molecular weight is 501 g/mol. The van der Waals surface area contributed by atoms with E-state index in [4.69, 9.17) is 4.98 Å². The SMILES string of the molecule is Cc1ccc(S(=O)(=O)CCC(=O)NCCN2CCN(c3nc4c(C)ccc(C)c4s3)CC2)cc1. The summed E-state index contributed by atoms with van der Waals surface area (Å²) >= 11 is 1.76. The summed E-state index contributed by atoms with van der Waals surface area (Å²) < 4.78 is 26.1. The molecule has 0 bridgehead atoms. The predicted octanol–water partition coefficient (Wildman–Crippen LogP) is 3.32. The molecule has 1 N–H and O–H groups in total. The molecule has 1 aromatic heterocycles. The quantitative estimate of drug-likeness (QED) is 0.511. The number of aromatic nitrogens is 1. The number of hydrogen-bond acceptors (Lipinski definition) is 7. The van der Waals surface area contributed by atoms with Gasteiger partial charge in [-0.1, -0.05) is 41.2 Å². The minimum Gasteiger partial charge on any atom is -0.355 e. The van der Waals surface area contributed by atoms with Crippen LogP contribution in [0.4, 0.5) is 5.13 Å². The molecule has 34 heavy (non-hydrogen) atoms. The Kier molecular flexibility index (Phi) is 7.54. The molecule has 0 spiro atoms. The van der Waals surface area contributed by atoms with E-state index in [0.717, 1.165) is 48.9 Å². The van der Waals surface area contributed by atoms with Gasteiger partial charge in [-0.2, -0.15) is 0 Å². The molecule has 7 nitrogen and oxygen atoms in total. The summed E-state index contributed by atoms with van der Waals surface area (Å²) in [6.07, 6.45) is -0.0274. The molecule has 9 heteroatoms. The zero-order valence-corrected chi connectivity index (χ0v) is 21.6. The Hall–Kier alpha value is -2.49. The van der Waals surface area contributed by atoms with E-state index in [-0.39, 0.29) is 23.0 Å². The van der Waals surface area contributed by atoms with Crippen LogP contribution < -0.4 is 10.2 Å².